The summed E-state index contributed by atoms with van der Waals surface area (Å²) in [4.78, 5) is 0. The van der Waals surface area contributed by atoms with Crippen LogP contribution in [0.4, 0.5) is 0 Å². The molecule has 1 spiro atoms. The largest absolute Gasteiger partial charge is 0.466 e. The summed E-state index contributed by atoms with van der Waals surface area (Å²) >= 11 is 9.70. The summed E-state index contributed by atoms with van der Waals surface area (Å²) in [7, 11) is 0. The average molecular weight is 446 g/mol. The van der Waals surface area contributed by atoms with Crippen molar-refractivity contribution in [1.29, 1.82) is 0 Å². The van der Waals surface area contributed by atoms with Crippen molar-refractivity contribution in [2.24, 2.45) is 11.0 Å². The monoisotopic (exact) mass is 444 g/mol. The molecule has 3 aliphatic rings. The molecule has 0 saturated heterocycles. The Bertz CT molecular complexity index is 903. The Hall–Kier alpha value is -1.52. The zero-order chi connectivity index (χ0) is 18.6. The Labute approximate surface area is 173 Å². The lowest BCUT2D eigenvalue weighted by atomic mass is 9.82. The van der Waals surface area contributed by atoms with E-state index in [2.05, 4.69) is 58.2 Å². The van der Waals surface area contributed by atoms with Crippen molar-refractivity contribution >= 4 is 33.2 Å². The molecule has 0 bridgehead atoms. The number of ether oxygens (including phenoxy) is 1. The molecule has 0 N–H and O–H groups in total. The van der Waals surface area contributed by atoms with E-state index < -0.39 is 0 Å². The molecule has 0 amide bonds. The van der Waals surface area contributed by atoms with Crippen molar-refractivity contribution in [2.75, 3.05) is 0 Å². The number of hydrogen-bond acceptors (Lipinski definition) is 3. The van der Waals surface area contributed by atoms with Gasteiger partial charge >= 0.3 is 0 Å². The molecule has 1 unspecified atom stereocenters. The zero-order valence-electron chi connectivity index (χ0n) is 15.3. The normalized spacial score (nSPS) is 29.1. The van der Waals surface area contributed by atoms with Crippen LogP contribution in [0.2, 0.25) is 5.02 Å². The van der Waals surface area contributed by atoms with Gasteiger partial charge in [0.2, 0.25) is 0 Å². The van der Waals surface area contributed by atoms with Gasteiger partial charge in [0.25, 0.3) is 0 Å². The van der Waals surface area contributed by atoms with E-state index in [0.29, 0.717) is 0 Å². The first-order valence-corrected chi connectivity index (χ1v) is 10.8. The molecule has 5 rings (SSSR count). The lowest BCUT2D eigenvalue weighted by Crippen LogP contribution is -2.55. The van der Waals surface area contributed by atoms with Gasteiger partial charge in [-0.25, -0.2) is 5.01 Å². The quantitative estimate of drug-likeness (QED) is 0.497. The van der Waals surface area contributed by atoms with Crippen molar-refractivity contribution in [3.8, 4) is 5.75 Å². The molecule has 3 nitrogen and oxygen atoms in total. The summed E-state index contributed by atoms with van der Waals surface area (Å²) in [6.45, 7) is 2.34. The Morgan fingerprint density at radius 1 is 1.15 bits per heavy atom. The van der Waals surface area contributed by atoms with E-state index >= 15 is 0 Å². The van der Waals surface area contributed by atoms with Crippen molar-refractivity contribution in [3.05, 3.63) is 63.1 Å². The second-order valence-corrected chi connectivity index (χ2v) is 9.38. The van der Waals surface area contributed by atoms with Crippen LogP contribution in [0.1, 0.15) is 56.2 Å². The maximum atomic E-state index is 6.66. The van der Waals surface area contributed by atoms with Crippen LogP contribution in [0.3, 0.4) is 0 Å². The Morgan fingerprint density at radius 3 is 2.63 bits per heavy atom. The van der Waals surface area contributed by atoms with Gasteiger partial charge in [0, 0.05) is 34.3 Å². The molecule has 0 aromatic heterocycles. The number of hydrazone groups is 1. The second-order valence-electron chi connectivity index (χ2n) is 8.03. The first-order chi connectivity index (χ1) is 13.0. The summed E-state index contributed by atoms with van der Waals surface area (Å²) < 4.78 is 7.74. The van der Waals surface area contributed by atoms with Crippen LogP contribution in [-0.2, 0) is 0 Å². The third-order valence-corrected chi connectivity index (χ3v) is 6.94. The minimum Gasteiger partial charge on any atom is -0.466 e. The van der Waals surface area contributed by atoms with Crippen LogP contribution in [0.15, 0.2) is 52.0 Å². The lowest BCUT2D eigenvalue weighted by Gasteiger charge is -2.50. The third kappa shape index (κ3) is 2.98. The lowest BCUT2D eigenvalue weighted by molar-refractivity contribution is -0.145. The summed E-state index contributed by atoms with van der Waals surface area (Å²) in [6, 6.07) is 14.6. The summed E-state index contributed by atoms with van der Waals surface area (Å²) in [6.07, 6.45) is 5.31. The molecular weight excluding hydrogens is 424 g/mol. The fourth-order valence-corrected chi connectivity index (χ4v) is 5.12. The van der Waals surface area contributed by atoms with Crippen LogP contribution in [0.5, 0.6) is 5.75 Å². The zero-order valence-corrected chi connectivity index (χ0v) is 17.6. The highest BCUT2D eigenvalue weighted by molar-refractivity contribution is 9.10. The van der Waals surface area contributed by atoms with Crippen LogP contribution >= 0.6 is 27.5 Å². The van der Waals surface area contributed by atoms with E-state index in [-0.39, 0.29) is 11.8 Å². The maximum absolute atomic E-state index is 6.66. The molecule has 2 aliphatic heterocycles. The minimum absolute atomic E-state index is 0.227. The highest BCUT2D eigenvalue weighted by Crippen LogP contribution is 2.52. The fourth-order valence-electron chi connectivity index (χ4n) is 4.61. The van der Waals surface area contributed by atoms with Gasteiger partial charge in [-0.2, -0.15) is 5.10 Å². The summed E-state index contributed by atoms with van der Waals surface area (Å²) in [5.41, 5.74) is 3.17. The van der Waals surface area contributed by atoms with Gasteiger partial charge in [-0.1, -0.05) is 46.6 Å². The third-order valence-electron chi connectivity index (χ3n) is 6.19. The standard InChI is InChI=1S/C22H22BrClN2O/c1-14-8-10-22(11-9-14)26-20(18-12-16(23)4-7-21(18)27-22)13-19(25-26)15-2-5-17(24)6-3-15/h2-7,12,14,20H,8-11,13H2,1H3. The number of halogens is 2. The van der Waals surface area contributed by atoms with Crippen LogP contribution in [-0.4, -0.2) is 16.4 Å². The van der Waals surface area contributed by atoms with Crippen LogP contribution in [0.25, 0.3) is 0 Å². The Kier molecular flexibility index (Phi) is 4.25. The van der Waals surface area contributed by atoms with E-state index in [0.717, 1.165) is 51.7 Å². The Balaban J connectivity index is 1.58. The number of benzene rings is 2. The maximum Gasteiger partial charge on any atom is 0.198 e. The first-order valence-electron chi connectivity index (χ1n) is 9.65. The van der Waals surface area contributed by atoms with E-state index in [9.17, 15) is 0 Å². The molecule has 27 heavy (non-hydrogen) atoms. The topological polar surface area (TPSA) is 24.8 Å². The van der Waals surface area contributed by atoms with Crippen LogP contribution < -0.4 is 4.74 Å². The number of hydrogen-bond donors (Lipinski definition) is 0. The Morgan fingerprint density at radius 2 is 1.89 bits per heavy atom. The van der Waals surface area contributed by atoms with Gasteiger partial charge in [0.1, 0.15) is 5.75 Å². The van der Waals surface area contributed by atoms with E-state index in [1.807, 2.05) is 12.1 Å². The van der Waals surface area contributed by atoms with Crippen LogP contribution in [0, 0.1) is 5.92 Å². The predicted molar refractivity (Wildman–Crippen MR) is 112 cm³/mol. The molecule has 1 saturated carbocycles. The average Bonchev–Trinajstić information content (AvgIpc) is 3.12. The number of rotatable bonds is 1. The molecule has 1 fully saturated rings. The highest BCUT2D eigenvalue weighted by Gasteiger charge is 2.51. The second kappa shape index (κ2) is 6.52. The van der Waals surface area contributed by atoms with Crippen molar-refractivity contribution in [1.82, 2.24) is 5.01 Å². The number of nitrogens with zero attached hydrogens (tertiary/aromatic N) is 2. The molecular formula is C22H22BrClN2O. The summed E-state index contributed by atoms with van der Waals surface area (Å²) in [5, 5.41) is 8.14. The van der Waals surface area contributed by atoms with E-state index in [4.69, 9.17) is 21.4 Å². The van der Waals surface area contributed by atoms with Gasteiger partial charge in [-0.05, 0) is 54.7 Å². The van der Waals surface area contributed by atoms with Crippen molar-refractivity contribution in [2.45, 2.75) is 50.8 Å². The molecule has 5 heteroatoms. The first kappa shape index (κ1) is 17.6. The van der Waals surface area contributed by atoms with Crippen molar-refractivity contribution < 1.29 is 4.74 Å². The smallest absolute Gasteiger partial charge is 0.198 e. The molecule has 140 valence electrons. The SMILES string of the molecule is CC1CCC2(CC1)Oc1ccc(Br)cc1C1CC(c3ccc(Cl)cc3)=NN12. The highest BCUT2D eigenvalue weighted by atomic mass is 79.9. The van der Waals surface area contributed by atoms with Crippen molar-refractivity contribution in [3.63, 3.8) is 0 Å². The van der Waals surface area contributed by atoms with Gasteiger partial charge in [0.05, 0.1) is 11.8 Å². The molecule has 2 aromatic carbocycles. The molecule has 1 aliphatic carbocycles. The van der Waals surface area contributed by atoms with Gasteiger partial charge in [0.15, 0.2) is 5.72 Å². The van der Waals surface area contributed by atoms with Gasteiger partial charge in [-0.15, -0.1) is 0 Å². The molecule has 2 heterocycles. The molecule has 1 atom stereocenters. The van der Waals surface area contributed by atoms with Gasteiger partial charge < -0.3 is 4.74 Å². The molecule has 2 aromatic rings. The van der Waals surface area contributed by atoms with E-state index in [1.54, 1.807) is 0 Å². The summed E-state index contributed by atoms with van der Waals surface area (Å²) in [5.74, 6) is 1.77. The molecule has 0 radical (unpaired) electrons. The fraction of sp³-hybridized carbons (Fsp3) is 0.409. The minimum atomic E-state index is -0.313. The van der Waals surface area contributed by atoms with Gasteiger partial charge in [-0.3, -0.25) is 0 Å². The predicted octanol–water partition coefficient (Wildman–Crippen LogP) is 6.55. The number of fused-ring (bicyclic) bond motifs is 4. The van der Waals surface area contributed by atoms with E-state index in [1.165, 1.54) is 18.4 Å².